The Bertz CT molecular complexity index is 1190. The van der Waals surface area contributed by atoms with Crippen molar-refractivity contribution >= 4 is 16.9 Å². The molecular formula is C24H18NO3-. The summed E-state index contributed by atoms with van der Waals surface area (Å²) in [5.41, 5.74) is 3.16. The molecule has 0 bridgehead atoms. The number of benzene rings is 3. The summed E-state index contributed by atoms with van der Waals surface area (Å²) in [6.45, 7) is 1.97. The number of carboxylic acid groups (broad SMARTS) is 1. The Balaban J connectivity index is 1.99. The van der Waals surface area contributed by atoms with Gasteiger partial charge in [-0.1, -0.05) is 72.3 Å². The number of rotatable bonds is 4. The maximum absolute atomic E-state index is 11.8. The highest BCUT2D eigenvalue weighted by Crippen LogP contribution is 2.23. The monoisotopic (exact) mass is 368 g/mol. The van der Waals surface area contributed by atoms with Gasteiger partial charge in [0, 0.05) is 17.0 Å². The Kier molecular flexibility index (Phi) is 4.77. The van der Waals surface area contributed by atoms with Gasteiger partial charge in [-0.3, -0.25) is 4.99 Å². The lowest BCUT2D eigenvalue weighted by Gasteiger charge is -2.14. The molecule has 28 heavy (non-hydrogen) atoms. The van der Waals surface area contributed by atoms with Gasteiger partial charge in [0.25, 0.3) is 0 Å². The van der Waals surface area contributed by atoms with E-state index in [2.05, 4.69) is 4.99 Å². The smallest absolute Gasteiger partial charge is 0.136 e. The zero-order valence-electron chi connectivity index (χ0n) is 15.3. The lowest BCUT2D eigenvalue weighted by atomic mass is 10.1. The summed E-state index contributed by atoms with van der Waals surface area (Å²) in [5.74, 6) is -0.616. The van der Waals surface area contributed by atoms with E-state index in [9.17, 15) is 9.90 Å². The molecule has 1 atom stereocenters. The van der Waals surface area contributed by atoms with Gasteiger partial charge >= 0.3 is 0 Å². The van der Waals surface area contributed by atoms with Crippen molar-refractivity contribution in [3.05, 3.63) is 101 Å². The molecule has 0 radical (unpaired) electrons. The third kappa shape index (κ3) is 3.58. The van der Waals surface area contributed by atoms with E-state index in [0.29, 0.717) is 22.3 Å². The van der Waals surface area contributed by atoms with Crippen LogP contribution in [-0.2, 0) is 4.79 Å². The molecule has 4 rings (SSSR count). The van der Waals surface area contributed by atoms with Gasteiger partial charge in [-0.05, 0) is 24.6 Å². The molecule has 0 aliphatic carbocycles. The van der Waals surface area contributed by atoms with Crippen LogP contribution in [0.15, 0.2) is 94.3 Å². The van der Waals surface area contributed by atoms with Crippen molar-refractivity contribution in [2.75, 3.05) is 0 Å². The first-order valence-electron chi connectivity index (χ1n) is 9.01. The molecule has 0 amide bonds. The van der Waals surface area contributed by atoms with Gasteiger partial charge in [-0.2, -0.15) is 0 Å². The minimum Gasteiger partial charge on any atom is -0.547 e. The van der Waals surface area contributed by atoms with Crippen molar-refractivity contribution in [2.45, 2.75) is 13.0 Å². The van der Waals surface area contributed by atoms with Crippen LogP contribution in [0.4, 0.5) is 0 Å². The van der Waals surface area contributed by atoms with Crippen LogP contribution in [0.1, 0.15) is 17.2 Å². The molecular weight excluding hydrogens is 350 g/mol. The van der Waals surface area contributed by atoms with Crippen molar-refractivity contribution in [1.82, 2.24) is 0 Å². The molecule has 1 aromatic heterocycles. The summed E-state index contributed by atoms with van der Waals surface area (Å²) in [6.07, 6.45) is 0. The van der Waals surface area contributed by atoms with Crippen molar-refractivity contribution < 1.29 is 14.3 Å². The predicted molar refractivity (Wildman–Crippen MR) is 106 cm³/mol. The Morgan fingerprint density at radius 3 is 2.29 bits per heavy atom. The molecule has 0 spiro atoms. The predicted octanol–water partition coefficient (Wildman–Crippen LogP) is 3.80. The molecule has 4 nitrogen and oxygen atoms in total. The van der Waals surface area contributed by atoms with Crippen molar-refractivity contribution in [3.63, 3.8) is 0 Å². The number of carbonyl (C=O) groups is 1. The van der Waals surface area contributed by atoms with E-state index in [1.165, 1.54) is 0 Å². The molecule has 4 aromatic rings. The van der Waals surface area contributed by atoms with Gasteiger partial charge in [-0.25, -0.2) is 0 Å². The van der Waals surface area contributed by atoms with Crippen molar-refractivity contribution in [3.8, 4) is 11.3 Å². The first-order chi connectivity index (χ1) is 13.6. The highest BCUT2D eigenvalue weighted by molar-refractivity contribution is 5.80. The second kappa shape index (κ2) is 7.53. The van der Waals surface area contributed by atoms with E-state index in [-0.39, 0.29) is 0 Å². The zero-order valence-corrected chi connectivity index (χ0v) is 15.3. The molecule has 1 heterocycles. The summed E-state index contributed by atoms with van der Waals surface area (Å²) in [7, 11) is 0. The van der Waals surface area contributed by atoms with Crippen LogP contribution in [0.3, 0.4) is 0 Å². The summed E-state index contributed by atoms with van der Waals surface area (Å²) in [6, 6.07) is 25.0. The first kappa shape index (κ1) is 17.7. The lowest BCUT2D eigenvalue weighted by molar-refractivity contribution is -0.307. The molecule has 0 fully saturated rings. The van der Waals surface area contributed by atoms with Crippen LogP contribution in [0.2, 0.25) is 0 Å². The van der Waals surface area contributed by atoms with Crippen LogP contribution in [0, 0.1) is 6.92 Å². The van der Waals surface area contributed by atoms with Gasteiger partial charge < -0.3 is 14.3 Å². The largest absolute Gasteiger partial charge is 0.547 e. The third-order valence-electron chi connectivity index (χ3n) is 4.56. The maximum atomic E-state index is 11.8. The second-order valence-corrected chi connectivity index (χ2v) is 6.62. The molecule has 0 unspecified atom stereocenters. The standard InChI is InChI=1S/C24H19NO3/c1-16-12-13-21-19(14-16)20(15-22(28-21)17-8-4-2-5-9-17)25-23(24(26)27)18-10-6-3-7-11-18/h2-15,23H,1H3,(H,26,27)/p-1/t23-/m1/s1. The van der Waals surface area contributed by atoms with Gasteiger partial charge in [0.15, 0.2) is 0 Å². The minimum absolute atomic E-state index is 0.557. The Hall–Kier alpha value is -3.66. The van der Waals surface area contributed by atoms with Gasteiger partial charge in [0.05, 0.1) is 11.3 Å². The van der Waals surface area contributed by atoms with E-state index in [0.717, 1.165) is 16.5 Å². The highest BCUT2D eigenvalue weighted by atomic mass is 16.4. The number of carbonyl (C=O) groups excluding carboxylic acids is 1. The molecule has 0 aliphatic heterocycles. The van der Waals surface area contributed by atoms with Crippen molar-refractivity contribution in [2.24, 2.45) is 4.99 Å². The number of aliphatic carboxylic acids is 1. The Morgan fingerprint density at radius 1 is 0.929 bits per heavy atom. The molecule has 138 valence electrons. The zero-order chi connectivity index (χ0) is 19.5. The first-order valence-corrected chi connectivity index (χ1v) is 9.01. The SMILES string of the molecule is Cc1ccc2oc(-c3ccccc3)cc(=N[C@@H](C(=O)[O-])c3ccccc3)c2c1. The van der Waals surface area contributed by atoms with Crippen LogP contribution in [0.25, 0.3) is 22.3 Å². The topological polar surface area (TPSA) is 65.6 Å². The second-order valence-electron chi connectivity index (χ2n) is 6.62. The van der Waals surface area contributed by atoms with Gasteiger partial charge in [0.2, 0.25) is 0 Å². The lowest BCUT2D eigenvalue weighted by Crippen LogP contribution is -2.30. The fourth-order valence-electron chi connectivity index (χ4n) is 3.17. The molecule has 4 heteroatoms. The van der Waals surface area contributed by atoms with Crippen LogP contribution < -0.4 is 10.5 Å². The summed E-state index contributed by atoms with van der Waals surface area (Å²) in [4.78, 5) is 16.4. The highest BCUT2D eigenvalue weighted by Gasteiger charge is 2.12. The summed E-state index contributed by atoms with van der Waals surface area (Å²) < 4.78 is 6.07. The number of aryl methyl sites for hydroxylation is 1. The van der Waals surface area contributed by atoms with Gasteiger partial charge in [-0.15, -0.1) is 0 Å². The molecule has 0 aliphatic rings. The quantitative estimate of drug-likeness (QED) is 0.550. The van der Waals surface area contributed by atoms with E-state index in [1.807, 2.05) is 61.5 Å². The van der Waals surface area contributed by atoms with Crippen LogP contribution >= 0.6 is 0 Å². The molecule has 0 saturated carbocycles. The Morgan fingerprint density at radius 2 is 1.61 bits per heavy atom. The van der Waals surface area contributed by atoms with Crippen molar-refractivity contribution in [1.29, 1.82) is 0 Å². The summed E-state index contributed by atoms with van der Waals surface area (Å²) in [5, 5.41) is 13.2. The number of hydrogen-bond acceptors (Lipinski definition) is 4. The van der Waals surface area contributed by atoms with Crippen LogP contribution in [0.5, 0.6) is 0 Å². The molecule has 0 saturated heterocycles. The summed E-state index contributed by atoms with van der Waals surface area (Å²) >= 11 is 0. The van der Waals surface area contributed by atoms with E-state index in [4.69, 9.17) is 4.42 Å². The van der Waals surface area contributed by atoms with Gasteiger partial charge in [0.1, 0.15) is 17.4 Å². The van der Waals surface area contributed by atoms with E-state index >= 15 is 0 Å². The third-order valence-corrected chi connectivity index (χ3v) is 4.56. The Labute approximate surface area is 162 Å². The normalized spacial score (nSPS) is 12.8. The van der Waals surface area contributed by atoms with E-state index in [1.54, 1.807) is 30.3 Å². The average molecular weight is 368 g/mol. The minimum atomic E-state index is -1.24. The maximum Gasteiger partial charge on any atom is 0.136 e. The number of nitrogens with zero attached hydrogens (tertiary/aromatic N) is 1. The number of hydrogen-bond donors (Lipinski definition) is 0. The molecule has 3 aromatic carbocycles. The average Bonchev–Trinajstić information content (AvgIpc) is 2.73. The number of carboxylic acids is 1. The fourth-order valence-corrected chi connectivity index (χ4v) is 3.17. The fraction of sp³-hybridized carbons (Fsp3) is 0.0833. The van der Waals surface area contributed by atoms with E-state index < -0.39 is 12.0 Å². The van der Waals surface area contributed by atoms with Crippen LogP contribution in [-0.4, -0.2) is 5.97 Å². The number of fused-ring (bicyclic) bond motifs is 1. The molecule has 0 N–H and O–H groups in total.